The predicted octanol–water partition coefficient (Wildman–Crippen LogP) is 3.96. The molecule has 1 aliphatic carbocycles. The largest absolute Gasteiger partial charge is 0.468 e. The van der Waals surface area contributed by atoms with E-state index in [2.05, 4.69) is 47.2 Å². The molecule has 10 heteroatoms. The fraction of sp³-hybridized carbons (Fsp3) is 0.444. The third-order valence-electron chi connectivity index (χ3n) is 7.65. The molecule has 0 bridgehead atoms. The summed E-state index contributed by atoms with van der Waals surface area (Å²) in [6.07, 6.45) is 14.4. The number of esters is 1. The minimum Gasteiger partial charge on any atom is -0.468 e. The Labute approximate surface area is 215 Å². The summed E-state index contributed by atoms with van der Waals surface area (Å²) in [6.45, 7) is 2.08. The van der Waals surface area contributed by atoms with Crippen LogP contribution in [0.25, 0.3) is 21.9 Å². The monoisotopic (exact) mass is 500 g/mol. The molecule has 192 valence electrons. The van der Waals surface area contributed by atoms with Crippen molar-refractivity contribution in [2.45, 2.75) is 50.6 Å². The molecule has 37 heavy (non-hydrogen) atoms. The standard InChI is InChI=1S/C27H32N8O2/c1-37-25(36)17-29-18-9-12-34(13-10-18)20-6-7-24(30-14-20)32-27-31-15-22-21-8-11-28-16-23(21)35(26(22)33-27)19-4-2-3-5-19/h6-8,11,14-16,18-19,29H,2-5,9-10,12-13,17H2,1H3,(H,30,31,32,33). The third kappa shape index (κ3) is 4.81. The van der Waals surface area contributed by atoms with Crippen LogP contribution >= 0.6 is 0 Å². The number of hydrogen-bond acceptors (Lipinski definition) is 9. The molecule has 4 aromatic rings. The van der Waals surface area contributed by atoms with E-state index in [1.807, 2.05) is 30.9 Å². The minimum atomic E-state index is -0.227. The van der Waals surface area contributed by atoms with Crippen molar-refractivity contribution in [3.63, 3.8) is 0 Å². The number of nitrogens with one attached hydrogen (secondary N) is 2. The van der Waals surface area contributed by atoms with E-state index in [0.717, 1.165) is 53.6 Å². The molecule has 4 aromatic heterocycles. The number of anilines is 3. The van der Waals surface area contributed by atoms with Crippen molar-refractivity contribution in [1.29, 1.82) is 0 Å². The number of fused-ring (bicyclic) bond motifs is 3. The number of hydrogen-bond donors (Lipinski definition) is 2. The van der Waals surface area contributed by atoms with E-state index in [-0.39, 0.29) is 12.5 Å². The Hall–Kier alpha value is -3.79. The van der Waals surface area contributed by atoms with E-state index < -0.39 is 0 Å². The zero-order chi connectivity index (χ0) is 25.2. The van der Waals surface area contributed by atoms with E-state index in [1.165, 1.54) is 32.8 Å². The highest BCUT2D eigenvalue weighted by atomic mass is 16.5. The number of pyridine rings is 2. The Morgan fingerprint density at radius 2 is 1.86 bits per heavy atom. The predicted molar refractivity (Wildman–Crippen MR) is 143 cm³/mol. The summed E-state index contributed by atoms with van der Waals surface area (Å²) < 4.78 is 7.07. The van der Waals surface area contributed by atoms with E-state index in [9.17, 15) is 4.79 Å². The van der Waals surface area contributed by atoms with Crippen LogP contribution in [-0.4, -0.2) is 63.3 Å². The number of rotatable bonds is 7. The van der Waals surface area contributed by atoms with Crippen molar-refractivity contribution < 1.29 is 9.53 Å². The van der Waals surface area contributed by atoms with Gasteiger partial charge in [0.25, 0.3) is 0 Å². The average Bonchev–Trinajstić information content (AvgIpc) is 3.58. The summed E-state index contributed by atoms with van der Waals surface area (Å²) in [5.74, 6) is 1.03. The summed E-state index contributed by atoms with van der Waals surface area (Å²) in [5.41, 5.74) is 3.16. The van der Waals surface area contributed by atoms with Crippen molar-refractivity contribution in [2.24, 2.45) is 0 Å². The highest BCUT2D eigenvalue weighted by Crippen LogP contribution is 2.37. The molecule has 2 aliphatic rings. The van der Waals surface area contributed by atoms with Crippen LogP contribution < -0.4 is 15.5 Å². The SMILES string of the molecule is COC(=O)CNC1CCN(c2ccc(Nc3ncc4c5ccncc5n(C5CCCC5)c4n3)nc2)CC1. The van der Waals surface area contributed by atoms with Gasteiger partial charge in [0.1, 0.15) is 11.5 Å². The molecule has 0 atom stereocenters. The normalized spacial score (nSPS) is 17.1. The molecule has 0 amide bonds. The molecular weight excluding hydrogens is 468 g/mol. The molecule has 2 fully saturated rings. The maximum absolute atomic E-state index is 11.4. The fourth-order valence-electron chi connectivity index (χ4n) is 5.66. The Morgan fingerprint density at radius 3 is 2.62 bits per heavy atom. The van der Waals surface area contributed by atoms with Crippen LogP contribution in [0.4, 0.5) is 17.5 Å². The van der Waals surface area contributed by atoms with Gasteiger partial charge in [-0.3, -0.25) is 9.78 Å². The fourth-order valence-corrected chi connectivity index (χ4v) is 5.66. The second-order valence-corrected chi connectivity index (χ2v) is 9.88. The summed E-state index contributed by atoms with van der Waals surface area (Å²) in [4.78, 5) is 32.2. The molecule has 1 saturated heterocycles. The molecule has 1 saturated carbocycles. The molecule has 2 N–H and O–H groups in total. The van der Waals surface area contributed by atoms with Crippen LogP contribution in [0.2, 0.25) is 0 Å². The number of ether oxygens (including phenoxy) is 1. The van der Waals surface area contributed by atoms with Crippen LogP contribution in [0.3, 0.4) is 0 Å². The topological polar surface area (TPSA) is 110 Å². The van der Waals surface area contributed by atoms with Gasteiger partial charge in [0.05, 0.1) is 37.3 Å². The Kier molecular flexibility index (Phi) is 6.57. The van der Waals surface area contributed by atoms with Crippen molar-refractivity contribution in [3.05, 3.63) is 43.0 Å². The molecule has 1 aliphatic heterocycles. The second-order valence-electron chi connectivity index (χ2n) is 9.88. The minimum absolute atomic E-state index is 0.227. The van der Waals surface area contributed by atoms with Crippen LogP contribution in [0.1, 0.15) is 44.6 Å². The molecule has 0 radical (unpaired) electrons. The molecule has 10 nitrogen and oxygen atoms in total. The Morgan fingerprint density at radius 1 is 1.03 bits per heavy atom. The quantitative estimate of drug-likeness (QED) is 0.364. The number of nitrogens with zero attached hydrogens (tertiary/aromatic N) is 6. The number of piperidine rings is 1. The lowest BCUT2D eigenvalue weighted by Gasteiger charge is -2.33. The first-order valence-corrected chi connectivity index (χ1v) is 13.1. The second kappa shape index (κ2) is 10.3. The molecule has 5 heterocycles. The first-order valence-electron chi connectivity index (χ1n) is 13.1. The van der Waals surface area contributed by atoms with Gasteiger partial charge in [0.2, 0.25) is 5.95 Å². The smallest absolute Gasteiger partial charge is 0.319 e. The Bertz CT molecular complexity index is 1390. The van der Waals surface area contributed by atoms with Gasteiger partial charge < -0.3 is 24.8 Å². The summed E-state index contributed by atoms with van der Waals surface area (Å²) in [6, 6.07) is 6.88. The number of carbonyl (C=O) groups is 1. The average molecular weight is 501 g/mol. The van der Waals surface area contributed by atoms with Gasteiger partial charge in [-0.15, -0.1) is 0 Å². The number of methoxy groups -OCH3 is 1. The van der Waals surface area contributed by atoms with E-state index in [4.69, 9.17) is 9.72 Å². The first-order chi connectivity index (χ1) is 18.2. The van der Waals surface area contributed by atoms with E-state index in [0.29, 0.717) is 23.8 Å². The van der Waals surface area contributed by atoms with E-state index in [1.54, 1.807) is 0 Å². The maximum Gasteiger partial charge on any atom is 0.319 e. The zero-order valence-corrected chi connectivity index (χ0v) is 21.1. The van der Waals surface area contributed by atoms with Crippen LogP contribution in [0.5, 0.6) is 0 Å². The lowest BCUT2D eigenvalue weighted by atomic mass is 10.0. The molecule has 0 spiro atoms. The molecule has 0 aromatic carbocycles. The van der Waals surface area contributed by atoms with Gasteiger partial charge in [-0.2, -0.15) is 4.98 Å². The summed E-state index contributed by atoms with van der Waals surface area (Å²) >= 11 is 0. The molecule has 0 unspecified atom stereocenters. The third-order valence-corrected chi connectivity index (χ3v) is 7.65. The van der Waals surface area contributed by atoms with Crippen LogP contribution in [0, 0.1) is 0 Å². The molecular formula is C27H32N8O2. The summed E-state index contributed by atoms with van der Waals surface area (Å²) in [5, 5.41) is 8.78. The maximum atomic E-state index is 11.4. The van der Waals surface area contributed by atoms with Crippen molar-refractivity contribution >= 4 is 45.4 Å². The van der Waals surface area contributed by atoms with Gasteiger partial charge in [0, 0.05) is 48.3 Å². The highest BCUT2D eigenvalue weighted by Gasteiger charge is 2.24. The van der Waals surface area contributed by atoms with Gasteiger partial charge in [0.15, 0.2) is 0 Å². The molecule has 6 rings (SSSR count). The van der Waals surface area contributed by atoms with Gasteiger partial charge in [-0.05, 0) is 43.9 Å². The Balaban J connectivity index is 1.16. The number of aromatic nitrogens is 5. The van der Waals surface area contributed by atoms with Crippen molar-refractivity contribution in [1.82, 2.24) is 29.8 Å². The zero-order valence-electron chi connectivity index (χ0n) is 21.1. The number of carbonyl (C=O) groups excluding carboxylic acids is 1. The lowest BCUT2D eigenvalue weighted by Crippen LogP contribution is -2.44. The first kappa shape index (κ1) is 23.6. The lowest BCUT2D eigenvalue weighted by molar-refractivity contribution is -0.139. The van der Waals surface area contributed by atoms with Crippen molar-refractivity contribution in [2.75, 3.05) is 37.0 Å². The van der Waals surface area contributed by atoms with Gasteiger partial charge in [-0.25, -0.2) is 9.97 Å². The summed E-state index contributed by atoms with van der Waals surface area (Å²) in [7, 11) is 1.41. The van der Waals surface area contributed by atoms with Gasteiger partial charge in [-0.1, -0.05) is 12.8 Å². The van der Waals surface area contributed by atoms with E-state index >= 15 is 0 Å². The van der Waals surface area contributed by atoms with Gasteiger partial charge >= 0.3 is 5.97 Å². The van der Waals surface area contributed by atoms with Crippen LogP contribution in [-0.2, 0) is 9.53 Å². The van der Waals surface area contributed by atoms with Crippen LogP contribution in [0.15, 0.2) is 43.0 Å². The highest BCUT2D eigenvalue weighted by molar-refractivity contribution is 6.06. The van der Waals surface area contributed by atoms with Crippen molar-refractivity contribution in [3.8, 4) is 0 Å².